The second-order valence-electron chi connectivity index (χ2n) is 6.62. The van der Waals surface area contributed by atoms with Gasteiger partial charge in [-0.1, -0.05) is 23.2 Å². The highest BCUT2D eigenvalue weighted by atomic mass is 35.5. The summed E-state index contributed by atoms with van der Waals surface area (Å²) < 4.78 is 5.46. The summed E-state index contributed by atoms with van der Waals surface area (Å²) >= 11 is 11.6. The van der Waals surface area contributed by atoms with Crippen LogP contribution < -0.4 is 15.5 Å². The van der Waals surface area contributed by atoms with Crippen molar-refractivity contribution in [2.24, 2.45) is 5.10 Å². The molecule has 0 aliphatic heterocycles. The van der Waals surface area contributed by atoms with Gasteiger partial charge in [-0.25, -0.2) is 5.43 Å². The molecule has 0 atom stereocenters. The second-order valence-corrected chi connectivity index (χ2v) is 7.43. The molecule has 0 fully saturated rings. The van der Waals surface area contributed by atoms with Gasteiger partial charge in [0.25, 0.3) is 5.69 Å². The molecule has 0 aliphatic carbocycles. The number of hydrogen-bond acceptors (Lipinski definition) is 8. The molecule has 0 saturated carbocycles. The maximum atomic E-state index is 11.9. The second kappa shape index (κ2) is 11.0. The molecule has 12 nitrogen and oxygen atoms in total. The fourth-order valence-corrected chi connectivity index (χ4v) is 2.87. The zero-order valence-electron chi connectivity index (χ0n) is 17.3. The molecule has 2 amide bonds. The number of nitrogens with one attached hydrogen (secondary N) is 2. The van der Waals surface area contributed by atoms with E-state index in [1.54, 1.807) is 0 Å². The number of benzene rings is 3. The quantitative estimate of drug-likeness (QED) is 0.198. The van der Waals surface area contributed by atoms with E-state index in [0.717, 1.165) is 18.2 Å². The molecule has 2 N–H and O–H groups in total. The number of hydrogen-bond donors (Lipinski definition) is 2. The summed E-state index contributed by atoms with van der Waals surface area (Å²) in [6.45, 7) is 0. The van der Waals surface area contributed by atoms with Gasteiger partial charge in [0.2, 0.25) is 5.75 Å². The number of ether oxygens (including phenoxy) is 1. The van der Waals surface area contributed by atoms with Crippen LogP contribution in [0.5, 0.6) is 11.5 Å². The Morgan fingerprint density at radius 3 is 2.23 bits per heavy atom. The zero-order chi connectivity index (χ0) is 25.5. The van der Waals surface area contributed by atoms with E-state index in [0.29, 0.717) is 10.6 Å². The van der Waals surface area contributed by atoms with Crippen LogP contribution in [-0.2, 0) is 9.59 Å². The van der Waals surface area contributed by atoms with Crippen molar-refractivity contribution in [3.05, 3.63) is 96.5 Å². The van der Waals surface area contributed by atoms with Crippen LogP contribution in [0.15, 0.2) is 65.8 Å². The topological polar surface area (TPSA) is 166 Å². The lowest BCUT2D eigenvalue weighted by Gasteiger charge is -2.06. The number of carbonyl (C=O) groups excluding carboxylic acids is 2. The highest BCUT2D eigenvalue weighted by Crippen LogP contribution is 2.34. The first-order chi connectivity index (χ1) is 16.6. The summed E-state index contributed by atoms with van der Waals surface area (Å²) in [7, 11) is 0. The molecule has 0 aromatic heterocycles. The number of rotatable bonds is 7. The Kier molecular flexibility index (Phi) is 7.92. The molecule has 178 valence electrons. The van der Waals surface area contributed by atoms with Crippen molar-refractivity contribution in [2.75, 3.05) is 5.32 Å². The standard InChI is InChI=1S/C21H13Cl2N5O7/c22-16-7-3-13(9-17(16)23)25-20(29)21(30)26-24-11-12-1-5-15(6-2-12)35-19-8-4-14(27(31)32)10-18(19)28(33)34/h1-11H,(H,25,29)(H,26,30)/b24-11+. The van der Waals surface area contributed by atoms with Crippen molar-refractivity contribution in [1.29, 1.82) is 0 Å². The summed E-state index contributed by atoms with van der Waals surface area (Å²) in [5.41, 5.74) is 1.83. The highest BCUT2D eigenvalue weighted by molar-refractivity contribution is 6.43. The van der Waals surface area contributed by atoms with Gasteiger partial charge in [0.05, 0.1) is 32.2 Å². The maximum absolute atomic E-state index is 11.9. The maximum Gasteiger partial charge on any atom is 0.329 e. The third kappa shape index (κ3) is 6.72. The molecule has 35 heavy (non-hydrogen) atoms. The molecule has 3 aromatic rings. The van der Waals surface area contributed by atoms with Crippen LogP contribution in [0.25, 0.3) is 0 Å². The highest BCUT2D eigenvalue weighted by Gasteiger charge is 2.21. The smallest absolute Gasteiger partial charge is 0.329 e. The Morgan fingerprint density at radius 1 is 0.886 bits per heavy atom. The van der Waals surface area contributed by atoms with Crippen LogP contribution in [-0.4, -0.2) is 27.9 Å². The third-order valence-electron chi connectivity index (χ3n) is 4.22. The fraction of sp³-hybridized carbons (Fsp3) is 0. The fourth-order valence-electron chi connectivity index (χ4n) is 2.58. The number of nitro groups is 2. The van der Waals surface area contributed by atoms with E-state index in [2.05, 4.69) is 15.8 Å². The molecule has 14 heteroatoms. The average Bonchev–Trinajstić information content (AvgIpc) is 2.82. The van der Waals surface area contributed by atoms with Crippen LogP contribution in [0.2, 0.25) is 10.0 Å². The van der Waals surface area contributed by atoms with Crippen LogP contribution in [0.1, 0.15) is 5.56 Å². The molecule has 0 unspecified atom stereocenters. The van der Waals surface area contributed by atoms with E-state index < -0.39 is 33.0 Å². The summed E-state index contributed by atoms with van der Waals surface area (Å²) in [6, 6.07) is 13.3. The molecular formula is C21H13Cl2N5O7. The minimum absolute atomic E-state index is 0.178. The average molecular weight is 518 g/mol. The van der Waals surface area contributed by atoms with Crippen molar-refractivity contribution in [2.45, 2.75) is 0 Å². The largest absolute Gasteiger partial charge is 0.450 e. The first-order valence-corrected chi connectivity index (χ1v) is 10.2. The van der Waals surface area contributed by atoms with Gasteiger partial charge in [0.1, 0.15) is 5.75 Å². The van der Waals surface area contributed by atoms with Gasteiger partial charge in [0.15, 0.2) is 0 Å². The predicted molar refractivity (Wildman–Crippen MR) is 127 cm³/mol. The molecule has 0 heterocycles. The monoisotopic (exact) mass is 517 g/mol. The Labute approximate surface area is 206 Å². The lowest BCUT2D eigenvalue weighted by Crippen LogP contribution is -2.32. The summed E-state index contributed by atoms with van der Waals surface area (Å²) in [6.07, 6.45) is 1.25. The van der Waals surface area contributed by atoms with Crippen LogP contribution in [0.3, 0.4) is 0 Å². The lowest BCUT2D eigenvalue weighted by molar-refractivity contribution is -0.394. The first-order valence-electron chi connectivity index (χ1n) is 9.44. The number of hydrazone groups is 1. The van der Waals surface area contributed by atoms with E-state index >= 15 is 0 Å². The molecule has 3 rings (SSSR count). The number of anilines is 1. The number of amides is 2. The van der Waals surface area contributed by atoms with Gasteiger partial charge in [0, 0.05) is 11.8 Å². The van der Waals surface area contributed by atoms with Gasteiger partial charge in [-0.15, -0.1) is 0 Å². The molecule has 0 bridgehead atoms. The predicted octanol–water partition coefficient (Wildman–Crippen LogP) is 4.69. The molecule has 3 aromatic carbocycles. The number of non-ortho nitro benzene ring substituents is 1. The molecule has 0 radical (unpaired) electrons. The van der Waals surface area contributed by atoms with Gasteiger partial charge >= 0.3 is 17.5 Å². The Balaban J connectivity index is 1.59. The number of nitrogens with zero attached hydrogens (tertiary/aromatic N) is 3. The zero-order valence-corrected chi connectivity index (χ0v) is 18.8. The normalized spacial score (nSPS) is 10.6. The molecule has 0 saturated heterocycles. The van der Waals surface area contributed by atoms with E-state index in [9.17, 15) is 29.8 Å². The summed E-state index contributed by atoms with van der Waals surface area (Å²) in [5.74, 6) is -1.97. The van der Waals surface area contributed by atoms with Crippen LogP contribution in [0.4, 0.5) is 17.1 Å². The van der Waals surface area contributed by atoms with E-state index in [-0.39, 0.29) is 22.2 Å². The SMILES string of the molecule is O=C(N/N=C/c1ccc(Oc2ccc([N+](=O)[O-])cc2[N+](=O)[O-])cc1)C(=O)Nc1ccc(Cl)c(Cl)c1. The minimum Gasteiger partial charge on any atom is -0.450 e. The van der Waals surface area contributed by atoms with Crippen molar-refractivity contribution in [3.8, 4) is 11.5 Å². The molecule has 0 spiro atoms. The molecule has 0 aliphatic rings. The number of carbonyl (C=O) groups is 2. The summed E-state index contributed by atoms with van der Waals surface area (Å²) in [4.78, 5) is 44.3. The van der Waals surface area contributed by atoms with E-state index in [4.69, 9.17) is 27.9 Å². The number of halogens is 2. The minimum atomic E-state index is -1.03. The van der Waals surface area contributed by atoms with Crippen molar-refractivity contribution < 1.29 is 24.2 Å². The van der Waals surface area contributed by atoms with Crippen molar-refractivity contribution in [3.63, 3.8) is 0 Å². The van der Waals surface area contributed by atoms with E-state index in [1.807, 2.05) is 0 Å². The number of nitro benzene ring substituents is 2. The van der Waals surface area contributed by atoms with Gasteiger partial charge in [-0.3, -0.25) is 29.8 Å². The van der Waals surface area contributed by atoms with Crippen molar-refractivity contribution in [1.82, 2.24) is 5.43 Å². The van der Waals surface area contributed by atoms with Gasteiger partial charge in [-0.05, 0) is 54.1 Å². The van der Waals surface area contributed by atoms with Gasteiger partial charge in [-0.2, -0.15) is 5.10 Å². The third-order valence-corrected chi connectivity index (χ3v) is 4.96. The first kappa shape index (κ1) is 25.1. The van der Waals surface area contributed by atoms with E-state index in [1.165, 1.54) is 48.7 Å². The Morgan fingerprint density at radius 2 is 1.60 bits per heavy atom. The Hall–Kier alpha value is -4.55. The van der Waals surface area contributed by atoms with Crippen LogP contribution in [0, 0.1) is 20.2 Å². The Bertz CT molecular complexity index is 1350. The van der Waals surface area contributed by atoms with Gasteiger partial charge < -0.3 is 10.1 Å². The lowest BCUT2D eigenvalue weighted by atomic mass is 10.2. The van der Waals surface area contributed by atoms with Crippen LogP contribution >= 0.6 is 23.2 Å². The molecular weight excluding hydrogens is 505 g/mol. The van der Waals surface area contributed by atoms with Crippen molar-refractivity contribution >= 4 is 58.3 Å². The summed E-state index contributed by atoms with van der Waals surface area (Å²) in [5, 5.41) is 28.6.